The van der Waals surface area contributed by atoms with Crippen LogP contribution in [0.15, 0.2) is 22.7 Å². The lowest BCUT2D eigenvalue weighted by molar-refractivity contribution is -0.0919. The molecule has 3 nitrogen and oxygen atoms in total. The molecule has 2 rings (SSSR count). The van der Waals surface area contributed by atoms with Crippen molar-refractivity contribution in [3.63, 3.8) is 0 Å². The standard InChI is InChI=1S/C13H17BrO3/c1-8(16-3)13(2)7-11(15)10-5-4-9(14)6-12(10)17-13/h4-6,8,11,15H,7H2,1-3H3. The third-order valence-corrected chi connectivity index (χ3v) is 3.98. The summed E-state index contributed by atoms with van der Waals surface area (Å²) in [5.41, 5.74) is 0.344. The molecule has 3 atom stereocenters. The zero-order valence-electron chi connectivity index (χ0n) is 10.2. The third-order valence-electron chi connectivity index (χ3n) is 3.49. The summed E-state index contributed by atoms with van der Waals surface area (Å²) in [6.45, 7) is 3.92. The summed E-state index contributed by atoms with van der Waals surface area (Å²) < 4.78 is 12.3. The van der Waals surface area contributed by atoms with Crippen LogP contribution in [0, 0.1) is 0 Å². The second kappa shape index (κ2) is 4.59. The summed E-state index contributed by atoms with van der Waals surface area (Å²) in [6, 6.07) is 5.69. The Hall–Kier alpha value is -0.580. The molecule has 0 radical (unpaired) electrons. The average molecular weight is 301 g/mol. The largest absolute Gasteiger partial charge is 0.484 e. The number of hydrogen-bond acceptors (Lipinski definition) is 3. The Morgan fingerprint density at radius 3 is 2.94 bits per heavy atom. The molecule has 1 aromatic carbocycles. The van der Waals surface area contributed by atoms with Gasteiger partial charge in [-0.2, -0.15) is 0 Å². The predicted octanol–water partition coefficient (Wildman–Crippen LogP) is 3.06. The Bertz CT molecular complexity index is 421. The summed E-state index contributed by atoms with van der Waals surface area (Å²) in [5, 5.41) is 10.2. The summed E-state index contributed by atoms with van der Waals surface area (Å²) in [7, 11) is 1.65. The molecule has 0 amide bonds. The highest BCUT2D eigenvalue weighted by Gasteiger charge is 2.41. The highest BCUT2D eigenvalue weighted by Crippen LogP contribution is 2.42. The first-order valence-corrected chi connectivity index (χ1v) is 6.45. The number of hydrogen-bond donors (Lipinski definition) is 1. The molecule has 0 fully saturated rings. The van der Waals surface area contributed by atoms with Crippen LogP contribution in [0.4, 0.5) is 0 Å². The normalized spacial score (nSPS) is 29.4. The van der Waals surface area contributed by atoms with Crippen molar-refractivity contribution in [2.45, 2.75) is 38.1 Å². The molecule has 1 N–H and O–H groups in total. The Kier molecular flexibility index (Phi) is 3.48. The van der Waals surface area contributed by atoms with E-state index in [1.165, 1.54) is 0 Å². The van der Waals surface area contributed by atoms with Gasteiger partial charge in [-0.3, -0.25) is 0 Å². The Labute approximate surface area is 110 Å². The number of benzene rings is 1. The van der Waals surface area contributed by atoms with Crippen LogP contribution in [0.2, 0.25) is 0 Å². The maximum absolute atomic E-state index is 10.2. The SMILES string of the molecule is COC(C)C1(C)CC(O)c2ccc(Br)cc2O1. The topological polar surface area (TPSA) is 38.7 Å². The summed E-state index contributed by atoms with van der Waals surface area (Å²) in [5.74, 6) is 0.726. The van der Waals surface area contributed by atoms with E-state index >= 15 is 0 Å². The Morgan fingerprint density at radius 1 is 1.59 bits per heavy atom. The molecule has 4 heteroatoms. The monoisotopic (exact) mass is 300 g/mol. The number of halogens is 1. The van der Waals surface area contributed by atoms with Gasteiger partial charge in [0.25, 0.3) is 0 Å². The Balaban J connectivity index is 2.37. The van der Waals surface area contributed by atoms with Gasteiger partial charge in [0, 0.05) is 23.6 Å². The molecule has 0 bridgehead atoms. The third kappa shape index (κ3) is 2.34. The molecule has 1 heterocycles. The van der Waals surface area contributed by atoms with Crippen molar-refractivity contribution >= 4 is 15.9 Å². The van der Waals surface area contributed by atoms with Gasteiger partial charge >= 0.3 is 0 Å². The zero-order valence-corrected chi connectivity index (χ0v) is 11.8. The van der Waals surface area contributed by atoms with E-state index in [2.05, 4.69) is 15.9 Å². The number of methoxy groups -OCH3 is 1. The van der Waals surface area contributed by atoms with Gasteiger partial charge in [-0.05, 0) is 26.0 Å². The predicted molar refractivity (Wildman–Crippen MR) is 69.2 cm³/mol. The number of fused-ring (bicyclic) bond motifs is 1. The summed E-state index contributed by atoms with van der Waals surface area (Å²) >= 11 is 3.41. The van der Waals surface area contributed by atoms with Gasteiger partial charge in [0.15, 0.2) is 0 Å². The zero-order chi connectivity index (χ0) is 12.6. The maximum Gasteiger partial charge on any atom is 0.135 e. The molecule has 0 saturated heterocycles. The van der Waals surface area contributed by atoms with Gasteiger partial charge in [-0.25, -0.2) is 0 Å². The molecule has 1 aliphatic heterocycles. The molecule has 0 saturated carbocycles. The first kappa shape index (κ1) is 12.9. The first-order valence-electron chi connectivity index (χ1n) is 5.65. The minimum Gasteiger partial charge on any atom is -0.484 e. The van der Waals surface area contributed by atoms with Crippen LogP contribution in [-0.4, -0.2) is 23.9 Å². The number of rotatable bonds is 2. The smallest absolute Gasteiger partial charge is 0.135 e. The van der Waals surface area contributed by atoms with E-state index in [0.29, 0.717) is 6.42 Å². The van der Waals surface area contributed by atoms with Crippen molar-refractivity contribution < 1.29 is 14.6 Å². The molecule has 1 aromatic rings. The quantitative estimate of drug-likeness (QED) is 0.912. The molecule has 0 spiro atoms. The van der Waals surface area contributed by atoms with Crippen LogP contribution < -0.4 is 4.74 Å². The minimum absolute atomic E-state index is 0.0794. The second-order valence-corrected chi connectivity index (χ2v) is 5.61. The minimum atomic E-state index is -0.505. The van der Waals surface area contributed by atoms with Crippen LogP contribution in [0.1, 0.15) is 31.9 Å². The highest BCUT2D eigenvalue weighted by molar-refractivity contribution is 9.10. The van der Waals surface area contributed by atoms with Gasteiger partial charge < -0.3 is 14.6 Å². The highest BCUT2D eigenvalue weighted by atomic mass is 79.9. The van der Waals surface area contributed by atoms with Gasteiger partial charge in [-0.1, -0.05) is 22.0 Å². The van der Waals surface area contributed by atoms with Crippen molar-refractivity contribution in [2.75, 3.05) is 7.11 Å². The van der Waals surface area contributed by atoms with E-state index in [1.807, 2.05) is 32.0 Å². The molecular weight excluding hydrogens is 284 g/mol. The molecule has 17 heavy (non-hydrogen) atoms. The van der Waals surface area contributed by atoms with E-state index in [9.17, 15) is 5.11 Å². The molecule has 94 valence electrons. The van der Waals surface area contributed by atoms with E-state index in [1.54, 1.807) is 7.11 Å². The lowest BCUT2D eigenvalue weighted by Crippen LogP contribution is -2.47. The van der Waals surface area contributed by atoms with E-state index in [4.69, 9.17) is 9.47 Å². The van der Waals surface area contributed by atoms with Crippen LogP contribution in [0.25, 0.3) is 0 Å². The van der Waals surface area contributed by atoms with Gasteiger partial charge in [-0.15, -0.1) is 0 Å². The lowest BCUT2D eigenvalue weighted by Gasteiger charge is -2.41. The van der Waals surface area contributed by atoms with Crippen LogP contribution >= 0.6 is 15.9 Å². The Morgan fingerprint density at radius 2 is 2.29 bits per heavy atom. The van der Waals surface area contributed by atoms with Crippen molar-refractivity contribution in [1.29, 1.82) is 0 Å². The summed E-state index contributed by atoms with van der Waals surface area (Å²) in [4.78, 5) is 0. The van der Waals surface area contributed by atoms with Crippen molar-refractivity contribution in [3.05, 3.63) is 28.2 Å². The fourth-order valence-electron chi connectivity index (χ4n) is 2.16. The van der Waals surface area contributed by atoms with E-state index in [-0.39, 0.29) is 6.10 Å². The summed E-state index contributed by atoms with van der Waals surface area (Å²) in [6.07, 6.45) is -0.0462. The average Bonchev–Trinajstić information content (AvgIpc) is 2.26. The fourth-order valence-corrected chi connectivity index (χ4v) is 2.50. The van der Waals surface area contributed by atoms with Crippen molar-refractivity contribution in [3.8, 4) is 5.75 Å². The van der Waals surface area contributed by atoms with Gasteiger partial charge in [0.2, 0.25) is 0 Å². The lowest BCUT2D eigenvalue weighted by atomic mass is 9.86. The maximum atomic E-state index is 10.2. The van der Waals surface area contributed by atoms with Crippen molar-refractivity contribution in [2.24, 2.45) is 0 Å². The van der Waals surface area contributed by atoms with E-state index in [0.717, 1.165) is 15.8 Å². The second-order valence-electron chi connectivity index (χ2n) is 4.69. The fraction of sp³-hybridized carbons (Fsp3) is 0.538. The molecule has 1 aliphatic rings. The van der Waals surface area contributed by atoms with Crippen LogP contribution in [0.3, 0.4) is 0 Å². The molecule has 0 aromatic heterocycles. The van der Waals surface area contributed by atoms with Gasteiger partial charge in [0.05, 0.1) is 12.2 Å². The van der Waals surface area contributed by atoms with Gasteiger partial charge in [0.1, 0.15) is 11.4 Å². The molecule has 0 aliphatic carbocycles. The van der Waals surface area contributed by atoms with Crippen LogP contribution in [0.5, 0.6) is 5.75 Å². The molecule has 3 unspecified atom stereocenters. The number of aliphatic hydroxyl groups excluding tert-OH is 1. The number of aliphatic hydroxyl groups is 1. The molecular formula is C13H17BrO3. The van der Waals surface area contributed by atoms with E-state index < -0.39 is 11.7 Å². The number of ether oxygens (including phenoxy) is 2. The first-order chi connectivity index (χ1) is 7.96. The van der Waals surface area contributed by atoms with Crippen LogP contribution in [-0.2, 0) is 4.74 Å². The van der Waals surface area contributed by atoms with Crippen molar-refractivity contribution in [1.82, 2.24) is 0 Å².